The van der Waals surface area contributed by atoms with E-state index in [0.717, 1.165) is 57.0 Å². The zero-order chi connectivity index (χ0) is 19.4. The van der Waals surface area contributed by atoms with Crippen LogP contribution in [-0.4, -0.2) is 45.1 Å². The zero-order valence-corrected chi connectivity index (χ0v) is 16.3. The van der Waals surface area contributed by atoms with Gasteiger partial charge in [0.05, 0.1) is 11.6 Å². The van der Waals surface area contributed by atoms with Crippen molar-refractivity contribution >= 4 is 28.0 Å². The summed E-state index contributed by atoms with van der Waals surface area (Å²) in [7, 11) is -4.46. The summed E-state index contributed by atoms with van der Waals surface area (Å²) in [5.74, 6) is -0.728. The molecule has 1 unspecified atom stereocenters. The van der Waals surface area contributed by atoms with Crippen molar-refractivity contribution in [3.8, 4) is 5.75 Å². The smallest absolute Gasteiger partial charge is 0.423 e. The van der Waals surface area contributed by atoms with Gasteiger partial charge in [0.15, 0.2) is 0 Å². The number of rotatable bonds is 5. The van der Waals surface area contributed by atoms with Gasteiger partial charge in [-0.2, -0.15) is 13.1 Å². The van der Waals surface area contributed by atoms with Gasteiger partial charge in [-0.25, -0.2) is 9.18 Å². The first-order valence-corrected chi connectivity index (χ1v) is 10.7. The van der Waals surface area contributed by atoms with Crippen molar-refractivity contribution in [2.45, 2.75) is 38.1 Å². The van der Waals surface area contributed by atoms with Gasteiger partial charge in [-0.3, -0.25) is 4.90 Å². The van der Waals surface area contributed by atoms with E-state index in [-0.39, 0.29) is 23.3 Å². The molecule has 2 heterocycles. The summed E-state index contributed by atoms with van der Waals surface area (Å²) in [6.45, 7) is 2.29. The third-order valence-corrected chi connectivity index (χ3v) is 6.08. The Labute approximate surface area is 163 Å². The molecule has 0 aliphatic carbocycles. The topological polar surface area (TPSA) is 84.9 Å². The summed E-state index contributed by atoms with van der Waals surface area (Å²) < 4.78 is 48.4. The third kappa shape index (κ3) is 5.46. The van der Waals surface area contributed by atoms with Crippen molar-refractivity contribution in [3.05, 3.63) is 29.0 Å². The highest BCUT2D eigenvalue weighted by molar-refractivity contribution is 7.85. The number of nitrogens with one attached hydrogen (secondary N) is 1. The van der Waals surface area contributed by atoms with E-state index in [1.54, 1.807) is 4.72 Å². The SMILES string of the molecule is O=C(NS(=O)(=O)Oc1ccc(F)c(Cl)c1)OC[C@@H]1CCCN2CCCCC12. The number of amides is 1. The number of carbonyl (C=O) groups is 1. The minimum Gasteiger partial charge on any atom is -0.448 e. The summed E-state index contributed by atoms with van der Waals surface area (Å²) in [5, 5.41) is -0.292. The Kier molecular flexibility index (Phi) is 6.44. The lowest BCUT2D eigenvalue weighted by molar-refractivity contribution is 0.0244. The van der Waals surface area contributed by atoms with Crippen molar-refractivity contribution in [1.29, 1.82) is 0 Å². The van der Waals surface area contributed by atoms with Crippen molar-refractivity contribution in [1.82, 2.24) is 9.62 Å². The summed E-state index contributed by atoms with van der Waals surface area (Å²) in [6, 6.07) is 3.44. The molecule has 2 fully saturated rings. The number of fused-ring (bicyclic) bond motifs is 1. The van der Waals surface area contributed by atoms with Crippen LogP contribution < -0.4 is 8.91 Å². The number of benzene rings is 1. The Morgan fingerprint density at radius 2 is 2.04 bits per heavy atom. The molecule has 2 aliphatic rings. The molecule has 0 radical (unpaired) electrons. The second-order valence-electron chi connectivity index (χ2n) is 6.82. The molecule has 1 N–H and O–H groups in total. The molecule has 2 saturated heterocycles. The molecule has 2 atom stereocenters. The molecule has 1 amide bonds. The average molecular weight is 421 g/mol. The summed E-state index contributed by atoms with van der Waals surface area (Å²) in [5.41, 5.74) is 0. The van der Waals surface area contributed by atoms with E-state index >= 15 is 0 Å². The fourth-order valence-corrected chi connectivity index (χ4v) is 4.59. The van der Waals surface area contributed by atoms with Gasteiger partial charge in [0, 0.05) is 18.0 Å². The number of ether oxygens (including phenoxy) is 1. The minimum atomic E-state index is -4.46. The standard InChI is InChI=1S/C17H22ClFN2O5S/c18-14-10-13(6-7-15(14)19)26-27(23,24)20-17(22)25-11-12-4-3-9-21-8-2-1-5-16(12)21/h6-7,10,12,16H,1-5,8-9,11H2,(H,20,22)/t12-,16?/m0/s1. The van der Waals surface area contributed by atoms with Crippen LogP contribution in [0.15, 0.2) is 18.2 Å². The highest BCUT2D eigenvalue weighted by atomic mass is 35.5. The lowest BCUT2D eigenvalue weighted by atomic mass is 9.84. The molecule has 150 valence electrons. The van der Waals surface area contributed by atoms with Gasteiger partial charge < -0.3 is 8.92 Å². The first kappa shape index (κ1) is 20.2. The Bertz CT molecular complexity index is 790. The van der Waals surface area contributed by atoms with E-state index in [0.29, 0.717) is 6.04 Å². The van der Waals surface area contributed by atoms with E-state index in [9.17, 15) is 17.6 Å². The Balaban J connectivity index is 1.51. The number of piperidine rings is 2. The maximum absolute atomic E-state index is 13.1. The maximum atomic E-state index is 13.1. The monoisotopic (exact) mass is 420 g/mol. The zero-order valence-electron chi connectivity index (χ0n) is 14.7. The number of carbonyl (C=O) groups excluding carboxylic acids is 1. The van der Waals surface area contributed by atoms with Crippen LogP contribution in [0.4, 0.5) is 9.18 Å². The largest absolute Gasteiger partial charge is 0.448 e. The van der Waals surface area contributed by atoms with Gasteiger partial charge in [0.1, 0.15) is 11.6 Å². The van der Waals surface area contributed by atoms with E-state index < -0.39 is 22.2 Å². The Morgan fingerprint density at radius 1 is 1.26 bits per heavy atom. The van der Waals surface area contributed by atoms with Gasteiger partial charge in [-0.05, 0) is 50.9 Å². The quantitative estimate of drug-likeness (QED) is 0.787. The molecule has 7 nitrogen and oxygen atoms in total. The summed E-state index contributed by atoms with van der Waals surface area (Å²) in [4.78, 5) is 14.3. The number of hydrogen-bond donors (Lipinski definition) is 1. The highest BCUT2D eigenvalue weighted by Gasteiger charge is 2.33. The molecular formula is C17H22ClFN2O5S. The van der Waals surface area contributed by atoms with Crippen molar-refractivity contribution in [2.24, 2.45) is 5.92 Å². The van der Waals surface area contributed by atoms with E-state index in [1.165, 1.54) is 6.42 Å². The minimum absolute atomic E-state index is 0.158. The number of hydrogen-bond acceptors (Lipinski definition) is 6. The molecule has 27 heavy (non-hydrogen) atoms. The molecule has 10 heteroatoms. The lowest BCUT2D eigenvalue weighted by Gasteiger charge is -2.44. The predicted molar refractivity (Wildman–Crippen MR) is 97.4 cm³/mol. The first-order chi connectivity index (χ1) is 12.8. The van der Waals surface area contributed by atoms with Crippen LogP contribution in [0.2, 0.25) is 5.02 Å². The maximum Gasteiger partial charge on any atom is 0.423 e. The number of nitrogens with zero attached hydrogens (tertiary/aromatic N) is 1. The van der Waals surface area contributed by atoms with Crippen LogP contribution in [0.5, 0.6) is 5.75 Å². The lowest BCUT2D eigenvalue weighted by Crippen LogP contribution is -2.49. The Morgan fingerprint density at radius 3 is 2.81 bits per heavy atom. The average Bonchev–Trinajstić information content (AvgIpc) is 2.62. The fraction of sp³-hybridized carbons (Fsp3) is 0.588. The molecule has 1 aromatic carbocycles. The normalized spacial score (nSPS) is 23.3. The van der Waals surface area contributed by atoms with Crippen LogP contribution in [0.3, 0.4) is 0 Å². The first-order valence-electron chi connectivity index (χ1n) is 8.92. The van der Waals surface area contributed by atoms with Crippen LogP contribution in [0.1, 0.15) is 32.1 Å². The second-order valence-corrected chi connectivity index (χ2v) is 8.50. The van der Waals surface area contributed by atoms with Gasteiger partial charge in [-0.15, -0.1) is 0 Å². The van der Waals surface area contributed by atoms with E-state index in [1.807, 2.05) is 0 Å². The van der Waals surface area contributed by atoms with Gasteiger partial charge in [-0.1, -0.05) is 18.0 Å². The molecular weight excluding hydrogens is 399 g/mol. The molecule has 0 aromatic heterocycles. The fourth-order valence-electron chi connectivity index (χ4n) is 3.76. The van der Waals surface area contributed by atoms with Crippen LogP contribution in [0, 0.1) is 11.7 Å². The van der Waals surface area contributed by atoms with Crippen LogP contribution in [-0.2, 0) is 15.0 Å². The van der Waals surface area contributed by atoms with Crippen LogP contribution >= 0.6 is 11.6 Å². The van der Waals surface area contributed by atoms with Crippen molar-refractivity contribution < 1.29 is 26.5 Å². The van der Waals surface area contributed by atoms with Crippen molar-refractivity contribution in [3.63, 3.8) is 0 Å². The molecule has 0 spiro atoms. The summed E-state index contributed by atoms with van der Waals surface area (Å²) >= 11 is 5.57. The highest BCUT2D eigenvalue weighted by Crippen LogP contribution is 2.31. The van der Waals surface area contributed by atoms with E-state index in [4.69, 9.17) is 16.3 Å². The third-order valence-electron chi connectivity index (χ3n) is 4.96. The molecule has 2 aliphatic heterocycles. The number of halogens is 2. The summed E-state index contributed by atoms with van der Waals surface area (Å²) in [6.07, 6.45) is 4.31. The molecule has 0 saturated carbocycles. The second kappa shape index (κ2) is 8.62. The van der Waals surface area contributed by atoms with Gasteiger partial charge >= 0.3 is 16.4 Å². The van der Waals surface area contributed by atoms with E-state index in [2.05, 4.69) is 9.08 Å². The molecule has 0 bridgehead atoms. The molecule has 3 rings (SSSR count). The van der Waals surface area contributed by atoms with Crippen LogP contribution in [0.25, 0.3) is 0 Å². The van der Waals surface area contributed by atoms with Crippen molar-refractivity contribution in [2.75, 3.05) is 19.7 Å². The van der Waals surface area contributed by atoms with Gasteiger partial charge in [0.2, 0.25) is 0 Å². The molecule has 1 aromatic rings. The Hall–Kier alpha value is -1.58. The predicted octanol–water partition coefficient (Wildman–Crippen LogP) is 3.09. The van der Waals surface area contributed by atoms with Gasteiger partial charge in [0.25, 0.3) is 0 Å².